The number of amides is 1. The van der Waals surface area contributed by atoms with Crippen LogP contribution in [0.25, 0.3) is 10.2 Å². The molecule has 0 saturated carbocycles. The van der Waals surface area contributed by atoms with Gasteiger partial charge in [-0.15, -0.1) is 0 Å². The van der Waals surface area contributed by atoms with E-state index in [0.717, 1.165) is 22.3 Å². The van der Waals surface area contributed by atoms with Crippen molar-refractivity contribution in [3.8, 4) is 0 Å². The van der Waals surface area contributed by atoms with E-state index in [1.165, 1.54) is 11.3 Å². The average Bonchev–Trinajstić information content (AvgIpc) is 2.99. The van der Waals surface area contributed by atoms with Crippen LogP contribution in [0.5, 0.6) is 0 Å². The van der Waals surface area contributed by atoms with E-state index in [1.54, 1.807) is 11.0 Å². The third kappa shape index (κ3) is 4.54. The first-order valence-corrected chi connectivity index (χ1v) is 9.76. The molecule has 0 atom stereocenters. The molecule has 0 spiro atoms. The minimum Gasteiger partial charge on any atom is -0.308 e. The van der Waals surface area contributed by atoms with E-state index in [0.29, 0.717) is 21.7 Å². The Balaban J connectivity index is 1.90. The molecule has 3 rings (SSSR count). The van der Waals surface area contributed by atoms with Gasteiger partial charge in [-0.2, -0.15) is 0 Å². The van der Waals surface area contributed by atoms with Gasteiger partial charge in [0, 0.05) is 23.1 Å². The highest BCUT2D eigenvalue weighted by molar-refractivity contribution is 7.22. The highest BCUT2D eigenvalue weighted by atomic mass is 35.5. The fraction of sp³-hybridized carbons (Fsp3) is 0.263. The second kappa shape index (κ2) is 8.35. The zero-order valence-corrected chi connectivity index (χ0v) is 16.9. The van der Waals surface area contributed by atoms with Gasteiger partial charge in [0.1, 0.15) is 0 Å². The Morgan fingerprint density at radius 2 is 1.88 bits per heavy atom. The highest BCUT2D eigenvalue weighted by Gasteiger charge is 2.21. The van der Waals surface area contributed by atoms with Crippen LogP contribution in [0.4, 0.5) is 5.13 Å². The van der Waals surface area contributed by atoms with Gasteiger partial charge < -0.3 is 4.90 Å². The summed E-state index contributed by atoms with van der Waals surface area (Å²) in [4.78, 5) is 21.4. The number of halogens is 2. The number of rotatable bonds is 6. The van der Waals surface area contributed by atoms with Crippen molar-refractivity contribution in [3.05, 3.63) is 58.1 Å². The molecule has 3 aromatic rings. The third-order valence-electron chi connectivity index (χ3n) is 3.94. The number of carbonyl (C=O) groups excluding carboxylic acids is 1. The fourth-order valence-electron chi connectivity index (χ4n) is 2.53. The number of anilines is 1. The molecule has 7 heteroatoms. The van der Waals surface area contributed by atoms with E-state index >= 15 is 0 Å². The lowest BCUT2D eigenvalue weighted by atomic mass is 10.1. The first-order valence-electron chi connectivity index (χ1n) is 8.18. The maximum absolute atomic E-state index is 13.0. The quantitative estimate of drug-likeness (QED) is 0.591. The molecule has 0 bridgehead atoms. The molecule has 0 aliphatic heterocycles. The normalized spacial score (nSPS) is 11.3. The molecule has 0 unspecified atom stereocenters. The summed E-state index contributed by atoms with van der Waals surface area (Å²) >= 11 is 13.8. The summed E-state index contributed by atoms with van der Waals surface area (Å²) in [6.45, 7) is 1.30. The molecule has 0 aliphatic carbocycles. The molecule has 0 radical (unpaired) electrons. The average molecular weight is 408 g/mol. The van der Waals surface area contributed by atoms with Crippen molar-refractivity contribution in [2.75, 3.05) is 32.1 Å². The summed E-state index contributed by atoms with van der Waals surface area (Å²) in [5, 5.41) is 1.94. The summed E-state index contributed by atoms with van der Waals surface area (Å²) in [5.74, 6) is -0.0231. The largest absolute Gasteiger partial charge is 0.308 e. The molecule has 0 N–H and O–H groups in total. The third-order valence-corrected chi connectivity index (χ3v) is 5.59. The summed E-state index contributed by atoms with van der Waals surface area (Å²) in [6.07, 6.45) is 0.240. The number of benzene rings is 2. The Kier molecular flexibility index (Phi) is 6.14. The Labute approximate surface area is 167 Å². The van der Waals surface area contributed by atoms with Crippen molar-refractivity contribution in [1.82, 2.24) is 9.88 Å². The number of thiazole rings is 1. The van der Waals surface area contributed by atoms with Gasteiger partial charge in [-0.25, -0.2) is 4.98 Å². The summed E-state index contributed by atoms with van der Waals surface area (Å²) in [7, 11) is 3.96. The number of nitrogens with zero attached hydrogens (tertiary/aromatic N) is 3. The molecule has 1 aromatic heterocycles. The van der Waals surface area contributed by atoms with E-state index in [4.69, 9.17) is 23.2 Å². The molecular weight excluding hydrogens is 389 g/mol. The summed E-state index contributed by atoms with van der Waals surface area (Å²) < 4.78 is 0.966. The molecule has 0 aliphatic rings. The fourth-order valence-corrected chi connectivity index (χ4v) is 4.02. The molecular formula is C19H19Cl2N3OS. The topological polar surface area (TPSA) is 36.4 Å². The van der Waals surface area contributed by atoms with E-state index in [9.17, 15) is 4.79 Å². The van der Waals surface area contributed by atoms with Crippen LogP contribution < -0.4 is 4.90 Å². The van der Waals surface area contributed by atoms with Crippen molar-refractivity contribution >= 4 is 55.8 Å². The Morgan fingerprint density at radius 3 is 2.62 bits per heavy atom. The monoisotopic (exact) mass is 407 g/mol. The number of carbonyl (C=O) groups is 1. The van der Waals surface area contributed by atoms with Gasteiger partial charge in [0.05, 0.1) is 16.6 Å². The SMILES string of the molecule is CN(C)CCN(C(=O)Cc1ccccc1Cl)c1nc2ccc(Cl)cc2s1. The smallest absolute Gasteiger partial charge is 0.233 e. The van der Waals surface area contributed by atoms with E-state index < -0.39 is 0 Å². The molecule has 0 saturated heterocycles. The predicted octanol–water partition coefficient (Wildman–Crippen LogP) is 4.74. The second-order valence-corrected chi connectivity index (χ2v) is 8.08. The van der Waals surface area contributed by atoms with Crippen molar-refractivity contribution in [2.45, 2.75) is 6.42 Å². The van der Waals surface area contributed by atoms with Crippen LogP contribution in [0.2, 0.25) is 10.0 Å². The van der Waals surface area contributed by atoms with Crippen LogP contribution in [0.15, 0.2) is 42.5 Å². The van der Waals surface area contributed by atoms with Crippen molar-refractivity contribution < 1.29 is 4.79 Å². The summed E-state index contributed by atoms with van der Waals surface area (Å²) in [5.41, 5.74) is 1.66. The van der Waals surface area contributed by atoms with Gasteiger partial charge in [-0.05, 0) is 43.9 Å². The van der Waals surface area contributed by atoms with Gasteiger partial charge in [0.15, 0.2) is 5.13 Å². The Bertz CT molecular complexity index is 926. The molecule has 26 heavy (non-hydrogen) atoms. The minimum atomic E-state index is -0.0231. The molecule has 0 fully saturated rings. The number of likely N-dealkylation sites (N-methyl/N-ethyl adjacent to an activating group) is 1. The lowest BCUT2D eigenvalue weighted by Gasteiger charge is -2.22. The van der Waals surface area contributed by atoms with Crippen LogP contribution in [-0.4, -0.2) is 43.0 Å². The van der Waals surface area contributed by atoms with Gasteiger partial charge >= 0.3 is 0 Å². The van der Waals surface area contributed by atoms with Gasteiger partial charge in [-0.3, -0.25) is 9.69 Å². The van der Waals surface area contributed by atoms with Crippen LogP contribution in [0.1, 0.15) is 5.56 Å². The highest BCUT2D eigenvalue weighted by Crippen LogP contribution is 2.31. The molecule has 1 amide bonds. The maximum Gasteiger partial charge on any atom is 0.233 e. The zero-order chi connectivity index (χ0) is 18.7. The van der Waals surface area contributed by atoms with Crippen molar-refractivity contribution in [1.29, 1.82) is 0 Å². The minimum absolute atomic E-state index is 0.0231. The number of hydrogen-bond acceptors (Lipinski definition) is 4. The molecule has 136 valence electrons. The first kappa shape index (κ1) is 19.1. The van der Waals surface area contributed by atoms with Crippen LogP contribution in [0.3, 0.4) is 0 Å². The lowest BCUT2D eigenvalue weighted by Crippen LogP contribution is -2.37. The van der Waals surface area contributed by atoms with Gasteiger partial charge in [0.25, 0.3) is 0 Å². The molecule has 1 heterocycles. The van der Waals surface area contributed by atoms with Crippen LogP contribution in [-0.2, 0) is 11.2 Å². The zero-order valence-electron chi connectivity index (χ0n) is 14.6. The predicted molar refractivity (Wildman–Crippen MR) is 111 cm³/mol. The van der Waals surface area contributed by atoms with Crippen molar-refractivity contribution in [3.63, 3.8) is 0 Å². The maximum atomic E-state index is 13.0. The van der Waals surface area contributed by atoms with Crippen LogP contribution >= 0.6 is 34.5 Å². The van der Waals surface area contributed by atoms with E-state index in [-0.39, 0.29) is 12.3 Å². The van der Waals surface area contributed by atoms with Gasteiger partial charge in [0.2, 0.25) is 5.91 Å². The first-order chi connectivity index (χ1) is 12.4. The molecule has 2 aromatic carbocycles. The molecule has 4 nitrogen and oxygen atoms in total. The second-order valence-electron chi connectivity index (χ2n) is 6.23. The number of fused-ring (bicyclic) bond motifs is 1. The van der Waals surface area contributed by atoms with Crippen LogP contribution in [0, 0.1) is 0 Å². The lowest BCUT2D eigenvalue weighted by molar-refractivity contribution is -0.118. The van der Waals surface area contributed by atoms with Crippen molar-refractivity contribution in [2.24, 2.45) is 0 Å². The number of aromatic nitrogens is 1. The summed E-state index contributed by atoms with van der Waals surface area (Å²) in [6, 6.07) is 13.0. The van der Waals surface area contributed by atoms with Gasteiger partial charge in [-0.1, -0.05) is 52.7 Å². The van der Waals surface area contributed by atoms with E-state index in [1.807, 2.05) is 55.4 Å². The van der Waals surface area contributed by atoms with E-state index in [2.05, 4.69) is 4.98 Å². The Morgan fingerprint density at radius 1 is 1.12 bits per heavy atom. The standard InChI is InChI=1S/C19H19Cl2N3OS/c1-23(2)9-10-24(18(25)11-13-5-3-4-6-15(13)21)19-22-16-8-7-14(20)12-17(16)26-19/h3-8,12H,9-11H2,1-2H3. The Hall–Kier alpha value is -1.66. The number of hydrogen-bond donors (Lipinski definition) is 0.